The molecule has 0 radical (unpaired) electrons. The lowest BCUT2D eigenvalue weighted by Crippen LogP contribution is -2.18. The minimum atomic E-state index is 0. The molecule has 0 amide bonds. The Morgan fingerprint density at radius 3 is 2.50 bits per heavy atom. The zero-order valence-electron chi connectivity index (χ0n) is 6.82. The highest BCUT2D eigenvalue weighted by Crippen LogP contribution is 2.05. The zero-order chi connectivity index (χ0) is 7.94. The van der Waals surface area contributed by atoms with Gasteiger partial charge in [-0.1, -0.05) is 18.2 Å². The van der Waals surface area contributed by atoms with Crippen molar-refractivity contribution in [2.24, 2.45) is 0 Å². The average Bonchev–Trinajstić information content (AvgIpc) is 2.07. The summed E-state index contributed by atoms with van der Waals surface area (Å²) in [5.41, 5.74) is 2.35. The molecular weight excluding hydrogens is 222 g/mol. The zero-order valence-corrected chi connectivity index (χ0v) is 8.53. The second-order valence-electron chi connectivity index (χ2n) is 1.93. The molecule has 1 aromatic rings. The first kappa shape index (κ1) is 11.4. The highest BCUT2D eigenvalue weighted by atomic mass is 79.9. The van der Waals surface area contributed by atoms with E-state index in [1.807, 2.05) is 37.3 Å². The molecule has 0 saturated heterocycles. The van der Waals surface area contributed by atoms with Gasteiger partial charge in [0.25, 0.3) is 0 Å². The first-order valence-electron chi connectivity index (χ1n) is 3.52. The number of nitrogens with one attached hydrogen (secondary N) is 1. The Balaban J connectivity index is 0.00000121. The molecule has 0 saturated carbocycles. The van der Waals surface area contributed by atoms with E-state index in [0.717, 1.165) is 5.75 Å². The molecule has 0 unspecified atom stereocenters. The average molecular weight is 234 g/mol. The van der Waals surface area contributed by atoms with Crippen molar-refractivity contribution in [1.82, 2.24) is 5.64 Å². The number of hydrogen-bond acceptors (Lipinski definition) is 3. The topological polar surface area (TPSA) is 30.5 Å². The van der Waals surface area contributed by atoms with E-state index in [1.54, 1.807) is 0 Å². The van der Waals surface area contributed by atoms with Crippen molar-refractivity contribution in [1.29, 1.82) is 0 Å². The Morgan fingerprint density at radius 2 is 1.92 bits per heavy atom. The molecule has 0 aromatic heterocycles. The molecule has 0 fully saturated rings. The highest BCUT2D eigenvalue weighted by molar-refractivity contribution is 8.93. The molecule has 0 heterocycles. The lowest BCUT2D eigenvalue weighted by Gasteiger charge is -2.04. The molecule has 68 valence electrons. The van der Waals surface area contributed by atoms with Crippen LogP contribution in [0.5, 0.6) is 5.75 Å². The number of hydrogen-bond donors (Lipinski definition) is 1. The summed E-state index contributed by atoms with van der Waals surface area (Å²) in [5, 5.41) is 0. The molecule has 3 nitrogen and oxygen atoms in total. The van der Waals surface area contributed by atoms with E-state index < -0.39 is 0 Å². The van der Waals surface area contributed by atoms with Crippen molar-refractivity contribution in [2.75, 3.05) is 6.61 Å². The second kappa shape index (κ2) is 7.09. The van der Waals surface area contributed by atoms with Crippen LogP contribution in [0.1, 0.15) is 6.92 Å². The third-order valence-corrected chi connectivity index (χ3v) is 1.11. The minimum Gasteiger partial charge on any atom is -0.383 e. The maximum absolute atomic E-state index is 4.97. The first-order chi connectivity index (χ1) is 5.43. The van der Waals surface area contributed by atoms with Crippen LogP contribution in [0.2, 0.25) is 0 Å². The van der Waals surface area contributed by atoms with Crippen LogP contribution in [0, 0.1) is 0 Å². The predicted molar refractivity (Wildman–Crippen MR) is 52.2 cm³/mol. The lowest BCUT2D eigenvalue weighted by atomic mass is 10.3. The second-order valence-corrected chi connectivity index (χ2v) is 1.93. The molecule has 0 bridgehead atoms. The van der Waals surface area contributed by atoms with E-state index in [4.69, 9.17) is 9.68 Å². The van der Waals surface area contributed by atoms with Crippen molar-refractivity contribution >= 4 is 17.0 Å². The minimum absolute atomic E-state index is 0. The summed E-state index contributed by atoms with van der Waals surface area (Å²) >= 11 is 0. The summed E-state index contributed by atoms with van der Waals surface area (Å²) < 4.78 is 0. The maximum atomic E-state index is 4.97. The van der Waals surface area contributed by atoms with Crippen LogP contribution in [0.25, 0.3) is 0 Å². The van der Waals surface area contributed by atoms with E-state index in [0.29, 0.717) is 6.61 Å². The van der Waals surface area contributed by atoms with Gasteiger partial charge in [0.1, 0.15) is 5.75 Å². The Bertz CT molecular complexity index is 194. The molecule has 0 atom stereocenters. The normalized spacial score (nSPS) is 8.75. The lowest BCUT2D eigenvalue weighted by molar-refractivity contribution is -0.102. The van der Waals surface area contributed by atoms with E-state index in [-0.39, 0.29) is 17.0 Å². The molecule has 0 aliphatic carbocycles. The summed E-state index contributed by atoms with van der Waals surface area (Å²) in [7, 11) is 0. The molecule has 0 spiro atoms. The molecule has 1 rings (SSSR count). The SMILES string of the molecule is Br.CCONOc1ccccc1. The Hall–Kier alpha value is -0.580. The monoisotopic (exact) mass is 233 g/mol. The van der Waals surface area contributed by atoms with E-state index in [1.165, 1.54) is 0 Å². The molecule has 1 aromatic carbocycles. The van der Waals surface area contributed by atoms with Gasteiger partial charge in [-0.3, -0.25) is 4.84 Å². The standard InChI is InChI=1S/C8H11NO2.BrH/c1-2-10-9-11-8-6-4-3-5-7-8;/h3-7,9H,2H2,1H3;1H. The van der Waals surface area contributed by atoms with E-state index in [9.17, 15) is 0 Å². The molecular formula is C8H12BrNO2. The first-order valence-corrected chi connectivity index (χ1v) is 3.52. The van der Waals surface area contributed by atoms with Crippen LogP contribution >= 0.6 is 17.0 Å². The van der Waals surface area contributed by atoms with Crippen molar-refractivity contribution in [3.05, 3.63) is 30.3 Å². The summed E-state index contributed by atoms with van der Waals surface area (Å²) in [6.07, 6.45) is 0. The van der Waals surface area contributed by atoms with Crippen LogP contribution in [-0.4, -0.2) is 6.61 Å². The van der Waals surface area contributed by atoms with Gasteiger partial charge < -0.3 is 4.84 Å². The van der Waals surface area contributed by atoms with Gasteiger partial charge in [-0.2, -0.15) is 0 Å². The van der Waals surface area contributed by atoms with Crippen molar-refractivity contribution in [2.45, 2.75) is 6.92 Å². The fourth-order valence-electron chi connectivity index (χ4n) is 0.625. The molecule has 0 aliphatic heterocycles. The molecule has 1 N–H and O–H groups in total. The van der Waals surface area contributed by atoms with Crippen molar-refractivity contribution in [3.63, 3.8) is 0 Å². The third-order valence-electron chi connectivity index (χ3n) is 1.11. The fourth-order valence-corrected chi connectivity index (χ4v) is 0.625. The van der Waals surface area contributed by atoms with Gasteiger partial charge in [-0.05, 0) is 24.7 Å². The van der Waals surface area contributed by atoms with Crippen molar-refractivity contribution in [3.8, 4) is 5.75 Å². The van der Waals surface area contributed by atoms with Gasteiger partial charge in [0.2, 0.25) is 0 Å². The van der Waals surface area contributed by atoms with Gasteiger partial charge >= 0.3 is 0 Å². The van der Waals surface area contributed by atoms with Gasteiger partial charge in [0.05, 0.1) is 6.61 Å². The molecule has 0 aliphatic rings. The molecule has 12 heavy (non-hydrogen) atoms. The van der Waals surface area contributed by atoms with Crippen molar-refractivity contribution < 1.29 is 9.68 Å². The van der Waals surface area contributed by atoms with Gasteiger partial charge in [0, 0.05) is 0 Å². The number of para-hydroxylation sites is 1. The van der Waals surface area contributed by atoms with Crippen LogP contribution in [0.15, 0.2) is 30.3 Å². The smallest absolute Gasteiger partial charge is 0.150 e. The Kier molecular flexibility index (Phi) is 6.75. The summed E-state index contributed by atoms with van der Waals surface area (Å²) in [6, 6.07) is 9.39. The Labute approximate surface area is 82.4 Å². The number of rotatable bonds is 4. The number of halogens is 1. The quantitative estimate of drug-likeness (QED) is 0.639. The van der Waals surface area contributed by atoms with Gasteiger partial charge in [0.15, 0.2) is 0 Å². The highest BCUT2D eigenvalue weighted by Gasteiger charge is 1.87. The van der Waals surface area contributed by atoms with Crippen LogP contribution in [0.3, 0.4) is 0 Å². The largest absolute Gasteiger partial charge is 0.383 e. The maximum Gasteiger partial charge on any atom is 0.150 e. The summed E-state index contributed by atoms with van der Waals surface area (Å²) in [6.45, 7) is 2.45. The Morgan fingerprint density at radius 1 is 1.25 bits per heavy atom. The predicted octanol–water partition coefficient (Wildman–Crippen LogP) is 2.10. The fraction of sp³-hybridized carbons (Fsp3) is 0.250. The summed E-state index contributed by atoms with van der Waals surface area (Å²) in [4.78, 5) is 9.74. The number of benzene rings is 1. The van der Waals surface area contributed by atoms with E-state index in [2.05, 4.69) is 5.64 Å². The van der Waals surface area contributed by atoms with E-state index >= 15 is 0 Å². The van der Waals surface area contributed by atoms with Crippen LogP contribution in [-0.2, 0) is 4.84 Å². The third kappa shape index (κ3) is 4.33. The van der Waals surface area contributed by atoms with Crippen LogP contribution < -0.4 is 10.5 Å². The summed E-state index contributed by atoms with van der Waals surface area (Å²) in [5.74, 6) is 0.737. The van der Waals surface area contributed by atoms with Crippen LogP contribution in [0.4, 0.5) is 0 Å². The van der Waals surface area contributed by atoms with Gasteiger partial charge in [-0.15, -0.1) is 17.0 Å². The van der Waals surface area contributed by atoms with Gasteiger partial charge in [-0.25, -0.2) is 0 Å². The molecule has 4 heteroatoms.